The number of amides is 1. The molecule has 1 saturated heterocycles. The molecule has 1 amide bonds. The molecule has 1 aliphatic heterocycles. The zero-order valence-electron chi connectivity index (χ0n) is 18.0. The predicted molar refractivity (Wildman–Crippen MR) is 114 cm³/mol. The van der Waals surface area contributed by atoms with Crippen LogP contribution >= 0.6 is 0 Å². The Hall–Kier alpha value is -2.46. The minimum Gasteiger partial charge on any atom is -0.474 e. The first-order valence-corrected chi connectivity index (χ1v) is 12.2. The Labute approximate surface area is 183 Å². The second-order valence-corrected chi connectivity index (χ2v) is 10.1. The molecule has 2 aromatic rings. The molecule has 2 fully saturated rings. The Bertz CT molecular complexity index is 1010. The van der Waals surface area contributed by atoms with Gasteiger partial charge < -0.3 is 14.2 Å². The zero-order valence-corrected chi connectivity index (χ0v) is 18.8. The van der Waals surface area contributed by atoms with Crippen LogP contribution in [-0.2, 0) is 17.1 Å². The molecular formula is C21H29N5O4S. The number of carbonyl (C=O) groups is 1. The third kappa shape index (κ3) is 4.74. The highest BCUT2D eigenvalue weighted by Crippen LogP contribution is 2.23. The van der Waals surface area contributed by atoms with Crippen LogP contribution in [0.2, 0.25) is 0 Å². The van der Waals surface area contributed by atoms with Gasteiger partial charge in [0, 0.05) is 51.7 Å². The van der Waals surface area contributed by atoms with Gasteiger partial charge in [0.25, 0.3) is 15.9 Å². The molecule has 168 valence electrons. The molecule has 0 aromatic carbocycles. The number of nitrogens with zero attached hydrogens (tertiary/aromatic N) is 5. The van der Waals surface area contributed by atoms with E-state index in [0.717, 1.165) is 12.8 Å². The molecule has 31 heavy (non-hydrogen) atoms. The lowest BCUT2D eigenvalue weighted by molar-refractivity contribution is 0.0763. The number of imidazole rings is 1. The van der Waals surface area contributed by atoms with E-state index in [4.69, 9.17) is 4.74 Å². The van der Waals surface area contributed by atoms with E-state index in [9.17, 15) is 13.2 Å². The van der Waals surface area contributed by atoms with Crippen LogP contribution in [0, 0.1) is 6.92 Å². The van der Waals surface area contributed by atoms with Crippen LogP contribution in [0.1, 0.15) is 48.3 Å². The maximum atomic E-state index is 13.0. The SMILES string of the molecule is Cc1nc(S(=O)(=O)N2CCCN(C(=O)c3ccc(OC4CCCC4)nc3)CC2)cn1C. The van der Waals surface area contributed by atoms with E-state index in [1.165, 1.54) is 23.3 Å². The lowest BCUT2D eigenvalue weighted by Gasteiger charge is -2.21. The molecule has 0 atom stereocenters. The van der Waals surface area contributed by atoms with Gasteiger partial charge in [0.15, 0.2) is 5.03 Å². The summed E-state index contributed by atoms with van der Waals surface area (Å²) < 4.78 is 34.9. The van der Waals surface area contributed by atoms with Crippen molar-refractivity contribution in [3.63, 3.8) is 0 Å². The number of carbonyl (C=O) groups excluding carboxylic acids is 1. The molecule has 0 unspecified atom stereocenters. The van der Waals surface area contributed by atoms with Crippen molar-refractivity contribution < 1.29 is 17.9 Å². The fourth-order valence-corrected chi connectivity index (χ4v) is 5.55. The Kier molecular flexibility index (Phi) is 6.29. The maximum absolute atomic E-state index is 13.0. The fraction of sp³-hybridized carbons (Fsp3) is 0.571. The summed E-state index contributed by atoms with van der Waals surface area (Å²) in [6, 6.07) is 3.47. The standard InChI is InChI=1S/C21H29N5O4S/c1-16-23-20(15-24(16)2)31(28,29)26-11-5-10-25(12-13-26)21(27)17-8-9-19(22-14-17)30-18-6-3-4-7-18/h8-9,14-15,18H,3-7,10-13H2,1-2H3. The van der Waals surface area contributed by atoms with E-state index < -0.39 is 10.0 Å². The van der Waals surface area contributed by atoms with Crippen molar-refractivity contribution in [2.75, 3.05) is 26.2 Å². The number of rotatable bonds is 5. The summed E-state index contributed by atoms with van der Waals surface area (Å²) in [5.41, 5.74) is 0.482. The minimum atomic E-state index is -3.68. The maximum Gasteiger partial charge on any atom is 0.262 e. The van der Waals surface area contributed by atoms with Gasteiger partial charge in [-0.3, -0.25) is 4.79 Å². The van der Waals surface area contributed by atoms with Crippen molar-refractivity contribution in [2.45, 2.75) is 50.2 Å². The summed E-state index contributed by atoms with van der Waals surface area (Å²) in [6.07, 6.45) is 8.32. The van der Waals surface area contributed by atoms with E-state index in [1.54, 1.807) is 41.8 Å². The first-order chi connectivity index (χ1) is 14.8. The molecule has 0 radical (unpaired) electrons. The second-order valence-electron chi connectivity index (χ2n) is 8.20. The average molecular weight is 448 g/mol. The first kappa shape index (κ1) is 21.8. The number of pyridine rings is 1. The highest BCUT2D eigenvalue weighted by molar-refractivity contribution is 7.89. The van der Waals surface area contributed by atoms with Gasteiger partial charge in [-0.15, -0.1) is 0 Å². The van der Waals surface area contributed by atoms with Gasteiger partial charge in [0.1, 0.15) is 11.9 Å². The van der Waals surface area contributed by atoms with Crippen LogP contribution in [0.3, 0.4) is 0 Å². The van der Waals surface area contributed by atoms with E-state index in [1.807, 2.05) is 0 Å². The quantitative estimate of drug-likeness (QED) is 0.695. The van der Waals surface area contributed by atoms with Crippen LogP contribution in [0.15, 0.2) is 29.6 Å². The van der Waals surface area contributed by atoms with Gasteiger partial charge in [0.05, 0.1) is 5.56 Å². The molecule has 2 aliphatic rings. The molecule has 0 N–H and O–H groups in total. The van der Waals surface area contributed by atoms with E-state index in [2.05, 4.69) is 9.97 Å². The number of hydrogen-bond acceptors (Lipinski definition) is 6. The van der Waals surface area contributed by atoms with Crippen LogP contribution < -0.4 is 4.74 Å². The van der Waals surface area contributed by atoms with E-state index >= 15 is 0 Å². The molecular weight excluding hydrogens is 418 g/mol. The van der Waals surface area contributed by atoms with Gasteiger partial charge in [-0.1, -0.05) is 0 Å². The van der Waals surface area contributed by atoms with Gasteiger partial charge in [0.2, 0.25) is 5.88 Å². The molecule has 2 aromatic heterocycles. The number of aryl methyl sites for hydroxylation is 2. The molecule has 4 rings (SSSR count). The molecule has 1 saturated carbocycles. The predicted octanol–water partition coefficient (Wildman–Crippen LogP) is 1.98. The van der Waals surface area contributed by atoms with Crippen molar-refractivity contribution in [3.05, 3.63) is 35.9 Å². The first-order valence-electron chi connectivity index (χ1n) is 10.8. The van der Waals surface area contributed by atoms with Crippen molar-refractivity contribution >= 4 is 15.9 Å². The summed E-state index contributed by atoms with van der Waals surface area (Å²) >= 11 is 0. The monoisotopic (exact) mass is 447 g/mol. The Morgan fingerprint density at radius 2 is 1.87 bits per heavy atom. The van der Waals surface area contributed by atoms with Gasteiger partial charge in [-0.05, 0) is 45.1 Å². The van der Waals surface area contributed by atoms with Crippen LogP contribution in [0.5, 0.6) is 5.88 Å². The third-order valence-corrected chi connectivity index (χ3v) is 7.78. The number of sulfonamides is 1. The van der Waals surface area contributed by atoms with Crippen LogP contribution in [-0.4, -0.2) is 70.3 Å². The zero-order chi connectivity index (χ0) is 22.0. The molecule has 3 heterocycles. The van der Waals surface area contributed by atoms with Gasteiger partial charge in [-0.25, -0.2) is 18.4 Å². The highest BCUT2D eigenvalue weighted by Gasteiger charge is 2.30. The van der Waals surface area contributed by atoms with Crippen LogP contribution in [0.25, 0.3) is 0 Å². The number of hydrogen-bond donors (Lipinski definition) is 0. The normalized spacial score (nSPS) is 18.8. The van der Waals surface area contributed by atoms with Crippen molar-refractivity contribution in [1.29, 1.82) is 0 Å². The highest BCUT2D eigenvalue weighted by atomic mass is 32.2. The third-order valence-electron chi connectivity index (χ3n) is 6.01. The van der Waals surface area contributed by atoms with Crippen LogP contribution in [0.4, 0.5) is 0 Å². The lowest BCUT2D eigenvalue weighted by Crippen LogP contribution is -2.37. The van der Waals surface area contributed by atoms with Crippen molar-refractivity contribution in [3.8, 4) is 5.88 Å². The van der Waals surface area contributed by atoms with Gasteiger partial charge in [-0.2, -0.15) is 4.31 Å². The number of ether oxygens (including phenoxy) is 1. The Balaban J connectivity index is 1.39. The second kappa shape index (κ2) is 8.96. The largest absolute Gasteiger partial charge is 0.474 e. The summed E-state index contributed by atoms with van der Waals surface area (Å²) in [7, 11) is -1.92. The minimum absolute atomic E-state index is 0.0503. The molecule has 0 bridgehead atoms. The fourth-order valence-electron chi connectivity index (χ4n) is 4.06. The summed E-state index contributed by atoms with van der Waals surface area (Å²) in [4.78, 5) is 23.1. The summed E-state index contributed by atoms with van der Waals surface area (Å²) in [6.45, 7) is 3.17. The van der Waals surface area contributed by atoms with E-state index in [0.29, 0.717) is 43.3 Å². The van der Waals surface area contributed by atoms with Crippen molar-refractivity contribution in [1.82, 2.24) is 23.7 Å². The Morgan fingerprint density at radius 1 is 1.10 bits per heavy atom. The Morgan fingerprint density at radius 3 is 2.52 bits per heavy atom. The van der Waals surface area contributed by atoms with Crippen molar-refractivity contribution in [2.24, 2.45) is 7.05 Å². The molecule has 10 heteroatoms. The molecule has 0 spiro atoms. The molecule has 9 nitrogen and oxygen atoms in total. The smallest absolute Gasteiger partial charge is 0.262 e. The van der Waals surface area contributed by atoms with E-state index in [-0.39, 0.29) is 23.6 Å². The molecule has 1 aliphatic carbocycles. The average Bonchev–Trinajstić information content (AvgIpc) is 3.30. The summed E-state index contributed by atoms with van der Waals surface area (Å²) in [5, 5.41) is 0.0503. The topological polar surface area (TPSA) is 97.6 Å². The number of aromatic nitrogens is 3. The lowest BCUT2D eigenvalue weighted by atomic mass is 10.2. The summed E-state index contributed by atoms with van der Waals surface area (Å²) in [5.74, 6) is 1.04. The van der Waals surface area contributed by atoms with Gasteiger partial charge >= 0.3 is 0 Å².